The molecule has 2 fully saturated rings. The zero-order chi connectivity index (χ0) is 18.9. The number of piperidine rings is 1. The van der Waals surface area contributed by atoms with Gasteiger partial charge in [-0.25, -0.2) is 8.42 Å². The average Bonchev–Trinajstić information content (AvgIpc) is 2.61. The van der Waals surface area contributed by atoms with Crippen LogP contribution in [0.5, 0.6) is 0 Å². The summed E-state index contributed by atoms with van der Waals surface area (Å²) in [5.74, 6) is 0.115. The summed E-state index contributed by atoms with van der Waals surface area (Å²) in [7, 11) is -3.50. The van der Waals surface area contributed by atoms with Gasteiger partial charge in [0.15, 0.2) is 0 Å². The van der Waals surface area contributed by atoms with E-state index in [0.717, 1.165) is 30.8 Å². The predicted molar refractivity (Wildman–Crippen MR) is 101 cm³/mol. The van der Waals surface area contributed by atoms with Crippen LogP contribution in [0.2, 0.25) is 0 Å². The molecule has 26 heavy (non-hydrogen) atoms. The lowest BCUT2D eigenvalue weighted by Gasteiger charge is -2.38. The van der Waals surface area contributed by atoms with E-state index in [1.54, 1.807) is 6.07 Å². The maximum atomic E-state index is 13.0. The van der Waals surface area contributed by atoms with Gasteiger partial charge in [-0.15, -0.1) is 0 Å². The molecular formula is C19H29N3O3S. The van der Waals surface area contributed by atoms with Gasteiger partial charge in [0.2, 0.25) is 15.9 Å². The molecule has 2 heterocycles. The van der Waals surface area contributed by atoms with Crippen molar-refractivity contribution in [1.29, 1.82) is 0 Å². The van der Waals surface area contributed by atoms with Crippen molar-refractivity contribution in [2.45, 2.75) is 44.6 Å². The molecule has 1 N–H and O–H groups in total. The fourth-order valence-electron chi connectivity index (χ4n) is 3.97. The van der Waals surface area contributed by atoms with E-state index < -0.39 is 10.0 Å². The molecule has 2 saturated heterocycles. The lowest BCUT2D eigenvalue weighted by Crippen LogP contribution is -2.55. The summed E-state index contributed by atoms with van der Waals surface area (Å²) in [4.78, 5) is 15.1. The summed E-state index contributed by atoms with van der Waals surface area (Å²) in [6.07, 6.45) is 1.19. The molecule has 1 aromatic rings. The number of nitrogens with zero attached hydrogens (tertiary/aromatic N) is 2. The molecule has 2 aliphatic rings. The Balaban J connectivity index is 1.67. The Morgan fingerprint density at radius 1 is 1.15 bits per heavy atom. The molecule has 0 unspecified atom stereocenters. The third-order valence-electron chi connectivity index (χ3n) is 5.54. The third kappa shape index (κ3) is 3.80. The van der Waals surface area contributed by atoms with Crippen molar-refractivity contribution in [3.8, 4) is 0 Å². The zero-order valence-electron chi connectivity index (χ0n) is 15.9. The molecule has 144 valence electrons. The molecule has 1 atom stereocenters. The quantitative estimate of drug-likeness (QED) is 0.865. The second-order valence-electron chi connectivity index (χ2n) is 7.53. The first-order valence-corrected chi connectivity index (χ1v) is 10.8. The van der Waals surface area contributed by atoms with Crippen molar-refractivity contribution in [1.82, 2.24) is 14.5 Å². The number of carbonyl (C=O) groups excluding carboxylic acids is 1. The molecule has 2 aliphatic heterocycles. The van der Waals surface area contributed by atoms with E-state index in [-0.39, 0.29) is 17.9 Å². The van der Waals surface area contributed by atoms with E-state index in [4.69, 9.17) is 0 Å². The van der Waals surface area contributed by atoms with E-state index in [9.17, 15) is 13.2 Å². The van der Waals surface area contributed by atoms with Crippen LogP contribution in [0.1, 0.15) is 30.9 Å². The maximum absolute atomic E-state index is 13.0. The smallest absolute Gasteiger partial charge is 0.243 e. The monoisotopic (exact) mass is 379 g/mol. The Morgan fingerprint density at radius 2 is 1.85 bits per heavy atom. The molecule has 1 amide bonds. The van der Waals surface area contributed by atoms with Gasteiger partial charge in [-0.05, 0) is 45.2 Å². The number of aryl methyl sites for hydroxylation is 2. The standard InChI is InChI=1S/C19H29N3O3S/c1-14-4-5-18(15(2)12-14)26(24,25)21-9-6-17(7-10-21)19(23)22-11-8-20-13-16(22)3/h4-5,12,16-17,20H,6-11,13H2,1-3H3/t16-/m0/s1. The van der Waals surface area contributed by atoms with Gasteiger partial charge in [0.25, 0.3) is 0 Å². The van der Waals surface area contributed by atoms with E-state index in [0.29, 0.717) is 30.8 Å². The molecule has 0 saturated carbocycles. The predicted octanol–water partition coefficient (Wildman–Crippen LogP) is 1.52. The largest absolute Gasteiger partial charge is 0.337 e. The zero-order valence-corrected chi connectivity index (χ0v) is 16.7. The highest BCUT2D eigenvalue weighted by Crippen LogP contribution is 2.27. The van der Waals surface area contributed by atoms with Gasteiger partial charge in [-0.3, -0.25) is 4.79 Å². The van der Waals surface area contributed by atoms with Crippen LogP contribution >= 0.6 is 0 Å². The molecule has 1 aromatic carbocycles. The van der Waals surface area contributed by atoms with Crippen LogP contribution in [0.15, 0.2) is 23.1 Å². The van der Waals surface area contributed by atoms with Crippen LogP contribution in [0.4, 0.5) is 0 Å². The molecule has 0 radical (unpaired) electrons. The van der Waals surface area contributed by atoms with E-state index >= 15 is 0 Å². The number of hydrogen-bond donors (Lipinski definition) is 1. The Labute approximate surface area is 156 Å². The molecule has 3 rings (SSSR count). The van der Waals surface area contributed by atoms with Crippen LogP contribution in [-0.2, 0) is 14.8 Å². The van der Waals surface area contributed by atoms with Gasteiger partial charge >= 0.3 is 0 Å². The summed E-state index contributed by atoms with van der Waals surface area (Å²) in [6, 6.07) is 5.63. The third-order valence-corrected chi connectivity index (χ3v) is 7.59. The Bertz CT molecular complexity index is 770. The van der Waals surface area contributed by atoms with Gasteiger partial charge in [-0.1, -0.05) is 17.7 Å². The van der Waals surface area contributed by atoms with Crippen LogP contribution in [0.3, 0.4) is 0 Å². The number of benzene rings is 1. The maximum Gasteiger partial charge on any atom is 0.243 e. The number of sulfonamides is 1. The summed E-state index contributed by atoms with van der Waals surface area (Å²) in [6.45, 7) is 9.06. The summed E-state index contributed by atoms with van der Waals surface area (Å²) in [5.41, 5.74) is 1.83. The number of nitrogens with one attached hydrogen (secondary N) is 1. The highest BCUT2D eigenvalue weighted by atomic mass is 32.2. The fourth-order valence-corrected chi connectivity index (χ4v) is 5.65. The first-order chi connectivity index (χ1) is 12.3. The van der Waals surface area contributed by atoms with Gasteiger partial charge in [-0.2, -0.15) is 4.31 Å². The fraction of sp³-hybridized carbons (Fsp3) is 0.632. The minimum atomic E-state index is -3.50. The van der Waals surface area contributed by atoms with Gasteiger partial charge in [0.05, 0.1) is 4.90 Å². The Morgan fingerprint density at radius 3 is 2.46 bits per heavy atom. The molecule has 0 bridgehead atoms. The molecular weight excluding hydrogens is 350 g/mol. The van der Waals surface area contributed by atoms with Crippen LogP contribution in [0, 0.1) is 19.8 Å². The number of amides is 1. The van der Waals surface area contributed by atoms with Crippen molar-refractivity contribution < 1.29 is 13.2 Å². The lowest BCUT2D eigenvalue weighted by molar-refractivity contribution is -0.139. The number of carbonyl (C=O) groups is 1. The van der Waals surface area contributed by atoms with Crippen molar-refractivity contribution in [2.24, 2.45) is 5.92 Å². The van der Waals surface area contributed by atoms with Gasteiger partial charge in [0, 0.05) is 44.7 Å². The van der Waals surface area contributed by atoms with Crippen LogP contribution in [0.25, 0.3) is 0 Å². The summed E-state index contributed by atoms with van der Waals surface area (Å²) >= 11 is 0. The Hall–Kier alpha value is -1.44. The summed E-state index contributed by atoms with van der Waals surface area (Å²) in [5, 5.41) is 3.30. The van der Waals surface area contributed by atoms with Crippen molar-refractivity contribution in [2.75, 3.05) is 32.7 Å². The first-order valence-electron chi connectivity index (χ1n) is 9.39. The normalized spacial score (nSPS) is 23.2. The number of piperazine rings is 1. The summed E-state index contributed by atoms with van der Waals surface area (Å²) < 4.78 is 27.5. The lowest BCUT2D eigenvalue weighted by atomic mass is 9.95. The molecule has 0 spiro atoms. The van der Waals surface area contributed by atoms with E-state index in [1.165, 1.54) is 4.31 Å². The minimum absolute atomic E-state index is 0.0684. The Kier molecular flexibility index (Phi) is 5.69. The molecule has 6 nitrogen and oxygen atoms in total. The first kappa shape index (κ1) is 19.3. The average molecular weight is 380 g/mol. The van der Waals surface area contributed by atoms with Crippen molar-refractivity contribution in [3.05, 3.63) is 29.3 Å². The SMILES string of the molecule is Cc1ccc(S(=O)(=O)N2CCC(C(=O)N3CCNC[C@@H]3C)CC2)c(C)c1. The number of rotatable bonds is 3. The molecule has 0 aliphatic carbocycles. The van der Waals surface area contributed by atoms with Crippen molar-refractivity contribution in [3.63, 3.8) is 0 Å². The topological polar surface area (TPSA) is 69.7 Å². The minimum Gasteiger partial charge on any atom is -0.337 e. The highest BCUT2D eigenvalue weighted by Gasteiger charge is 2.35. The van der Waals surface area contributed by atoms with Gasteiger partial charge in [0.1, 0.15) is 0 Å². The van der Waals surface area contributed by atoms with Crippen LogP contribution in [-0.4, -0.2) is 62.3 Å². The van der Waals surface area contributed by atoms with Gasteiger partial charge < -0.3 is 10.2 Å². The molecule has 7 heteroatoms. The van der Waals surface area contributed by atoms with Crippen molar-refractivity contribution >= 4 is 15.9 Å². The second kappa shape index (κ2) is 7.66. The highest BCUT2D eigenvalue weighted by molar-refractivity contribution is 7.89. The molecule has 0 aromatic heterocycles. The van der Waals surface area contributed by atoms with E-state index in [2.05, 4.69) is 12.2 Å². The second-order valence-corrected chi connectivity index (χ2v) is 9.44. The van der Waals surface area contributed by atoms with Crippen LogP contribution < -0.4 is 5.32 Å². The number of hydrogen-bond acceptors (Lipinski definition) is 4. The van der Waals surface area contributed by atoms with E-state index in [1.807, 2.05) is 30.9 Å².